The fourth-order valence-corrected chi connectivity index (χ4v) is 6.07. The second-order valence-corrected chi connectivity index (χ2v) is 10.7. The molecule has 0 saturated carbocycles. The van der Waals surface area contributed by atoms with Gasteiger partial charge in [0, 0.05) is 21.0 Å². The molecule has 43 heavy (non-hydrogen) atoms. The number of thiophene rings is 1. The van der Waals surface area contributed by atoms with E-state index in [9.17, 15) is 39.5 Å². The maximum atomic E-state index is 13.9. The van der Waals surface area contributed by atoms with Gasteiger partial charge in [-0.2, -0.15) is 39.5 Å². The summed E-state index contributed by atoms with van der Waals surface area (Å²) in [4.78, 5) is 0.685. The van der Waals surface area contributed by atoms with Crippen LogP contribution in [0.3, 0.4) is 0 Å². The van der Waals surface area contributed by atoms with E-state index >= 15 is 0 Å². The van der Waals surface area contributed by atoms with Crippen LogP contribution in [-0.4, -0.2) is 10.2 Å². The molecule has 0 unspecified atom stereocenters. The highest BCUT2D eigenvalue weighted by molar-refractivity contribution is 7.22. The molecule has 0 N–H and O–H groups in total. The highest BCUT2D eigenvalue weighted by Gasteiger charge is 2.52. The van der Waals surface area contributed by atoms with Gasteiger partial charge in [-0.25, -0.2) is 0 Å². The predicted octanol–water partition coefficient (Wildman–Crippen LogP) is 10.8. The molecular weight excluding hydrogens is 607 g/mol. The largest absolute Gasteiger partial charge is 0.437 e. The lowest BCUT2D eigenvalue weighted by molar-refractivity contribution is -0.175. The van der Waals surface area contributed by atoms with E-state index in [0.717, 1.165) is 15.5 Å². The van der Waals surface area contributed by atoms with Crippen LogP contribution in [0.15, 0.2) is 72.8 Å². The molecule has 0 aliphatic carbocycles. The second kappa shape index (κ2) is 9.83. The molecule has 220 valence electrons. The van der Waals surface area contributed by atoms with Crippen LogP contribution in [0.5, 0.6) is 11.6 Å². The molecule has 2 aromatic heterocycles. The molecule has 13 heteroatoms. The number of rotatable bonds is 3. The van der Waals surface area contributed by atoms with Crippen molar-refractivity contribution in [2.24, 2.45) is 0 Å². The Morgan fingerprint density at radius 2 is 1.21 bits per heavy atom. The smallest absolute Gasteiger partial charge is 0.417 e. The molecule has 4 aromatic carbocycles. The van der Waals surface area contributed by atoms with Crippen LogP contribution in [0.4, 0.5) is 39.5 Å². The standard InChI is InChI=1S/C30H15F9N2OS/c1-14-21(13-20(28(31,32)33)25(30(37,38)39)24(14)29(34,35)36)42-27-19-11-16-7-3-2-6-15(16)10-18(19)26(40-41-27)23-12-17-8-4-5-9-22(17)43-23/h2-13H,1H3. The molecule has 6 aromatic rings. The Balaban J connectivity index is 1.61. The van der Waals surface area contributed by atoms with Crippen LogP contribution < -0.4 is 4.74 Å². The van der Waals surface area contributed by atoms with Gasteiger partial charge in [-0.05, 0) is 53.4 Å². The number of hydrogen-bond donors (Lipinski definition) is 0. The monoisotopic (exact) mass is 622 g/mol. The third-order valence-electron chi connectivity index (χ3n) is 6.89. The summed E-state index contributed by atoms with van der Waals surface area (Å²) in [7, 11) is 0. The number of aromatic nitrogens is 2. The lowest BCUT2D eigenvalue weighted by Crippen LogP contribution is -2.24. The lowest BCUT2D eigenvalue weighted by atomic mass is 9.94. The zero-order valence-electron chi connectivity index (χ0n) is 21.5. The van der Waals surface area contributed by atoms with Gasteiger partial charge in [0.2, 0.25) is 5.88 Å². The van der Waals surface area contributed by atoms with Crippen LogP contribution in [-0.2, 0) is 18.5 Å². The third-order valence-corrected chi connectivity index (χ3v) is 8.01. The van der Waals surface area contributed by atoms with Crippen LogP contribution in [0.2, 0.25) is 0 Å². The molecule has 0 amide bonds. The van der Waals surface area contributed by atoms with E-state index in [0.29, 0.717) is 28.3 Å². The van der Waals surface area contributed by atoms with Crippen LogP contribution in [0.25, 0.3) is 42.2 Å². The first-order chi connectivity index (χ1) is 20.1. The van der Waals surface area contributed by atoms with E-state index in [1.807, 2.05) is 30.3 Å². The van der Waals surface area contributed by atoms with Crippen molar-refractivity contribution in [3.05, 3.63) is 95.1 Å². The Kier molecular flexibility index (Phi) is 6.56. The van der Waals surface area contributed by atoms with Crippen molar-refractivity contribution in [2.75, 3.05) is 0 Å². The minimum absolute atomic E-state index is 0.0815. The van der Waals surface area contributed by atoms with Crippen LogP contribution in [0, 0.1) is 6.92 Å². The molecular formula is C30H15F9N2OS. The molecule has 0 spiro atoms. The molecule has 0 aliphatic rings. The first-order valence-electron chi connectivity index (χ1n) is 12.4. The van der Waals surface area contributed by atoms with Crippen molar-refractivity contribution in [1.82, 2.24) is 10.2 Å². The molecule has 0 fully saturated rings. The van der Waals surface area contributed by atoms with Gasteiger partial charge in [0.15, 0.2) is 0 Å². The Hall–Kier alpha value is -4.39. The van der Waals surface area contributed by atoms with E-state index in [1.165, 1.54) is 11.3 Å². The van der Waals surface area contributed by atoms with Gasteiger partial charge in [0.05, 0.1) is 21.6 Å². The van der Waals surface area contributed by atoms with E-state index in [-0.39, 0.29) is 11.5 Å². The number of alkyl halides is 9. The van der Waals surface area contributed by atoms with Crippen LogP contribution >= 0.6 is 11.3 Å². The van der Waals surface area contributed by atoms with Gasteiger partial charge in [0.1, 0.15) is 11.4 Å². The average Bonchev–Trinajstić information content (AvgIpc) is 3.35. The van der Waals surface area contributed by atoms with E-state index in [4.69, 9.17) is 4.74 Å². The maximum Gasteiger partial charge on any atom is 0.417 e. The summed E-state index contributed by atoms with van der Waals surface area (Å²) in [6.07, 6.45) is -17.5. The van der Waals surface area contributed by atoms with Crippen molar-refractivity contribution in [2.45, 2.75) is 25.5 Å². The minimum Gasteiger partial charge on any atom is -0.437 e. The molecule has 6 rings (SSSR count). The average molecular weight is 623 g/mol. The normalized spacial score (nSPS) is 12.9. The number of hydrogen-bond acceptors (Lipinski definition) is 4. The second-order valence-electron chi connectivity index (χ2n) is 9.64. The fourth-order valence-electron chi connectivity index (χ4n) is 5.01. The van der Waals surface area contributed by atoms with Gasteiger partial charge in [-0.1, -0.05) is 42.5 Å². The summed E-state index contributed by atoms with van der Waals surface area (Å²) in [5.41, 5.74) is -8.66. The number of ether oxygens (including phenoxy) is 1. The quantitative estimate of drug-likeness (QED) is 0.146. The van der Waals surface area contributed by atoms with Crippen molar-refractivity contribution in [1.29, 1.82) is 0 Å². The summed E-state index contributed by atoms with van der Waals surface area (Å²) in [6, 6.07) is 19.6. The molecule has 3 nitrogen and oxygen atoms in total. The van der Waals surface area contributed by atoms with Gasteiger partial charge in [0.25, 0.3) is 0 Å². The summed E-state index contributed by atoms with van der Waals surface area (Å²) in [5, 5.41) is 11.1. The first kappa shape index (κ1) is 28.7. The molecule has 0 bridgehead atoms. The highest BCUT2D eigenvalue weighted by Crippen LogP contribution is 2.51. The minimum atomic E-state index is -5.96. The maximum absolute atomic E-state index is 13.9. The Morgan fingerprint density at radius 1 is 0.628 bits per heavy atom. The SMILES string of the molecule is Cc1c(Oc2nnc(-c3cc4ccccc4s3)c3cc4ccccc4cc23)cc(C(F)(F)F)c(C(F)(F)F)c1C(F)(F)F. The van der Waals surface area contributed by atoms with E-state index < -0.39 is 52.4 Å². The topological polar surface area (TPSA) is 35.0 Å². The Morgan fingerprint density at radius 3 is 1.79 bits per heavy atom. The summed E-state index contributed by atoms with van der Waals surface area (Å²) >= 11 is 1.40. The molecule has 0 radical (unpaired) electrons. The van der Waals surface area contributed by atoms with E-state index in [2.05, 4.69) is 10.2 Å². The first-order valence-corrected chi connectivity index (χ1v) is 13.2. The Bertz CT molecular complexity index is 2010. The summed E-state index contributed by atoms with van der Waals surface area (Å²) < 4.78 is 131. The van der Waals surface area contributed by atoms with Crippen molar-refractivity contribution in [3.63, 3.8) is 0 Å². The Labute approximate surface area is 240 Å². The molecule has 0 aliphatic heterocycles. The van der Waals surface area contributed by atoms with Gasteiger partial charge in [-0.3, -0.25) is 0 Å². The van der Waals surface area contributed by atoms with Gasteiger partial charge in [-0.15, -0.1) is 21.5 Å². The number of nitrogens with zero attached hydrogens (tertiary/aromatic N) is 2. The molecule has 0 atom stereocenters. The summed E-state index contributed by atoms with van der Waals surface area (Å²) in [5.74, 6) is -1.57. The number of halogens is 9. The molecule has 0 saturated heterocycles. The lowest BCUT2D eigenvalue weighted by Gasteiger charge is -2.24. The zero-order valence-corrected chi connectivity index (χ0v) is 22.4. The van der Waals surface area contributed by atoms with Gasteiger partial charge >= 0.3 is 18.5 Å². The predicted molar refractivity (Wildman–Crippen MR) is 144 cm³/mol. The summed E-state index contributed by atoms with van der Waals surface area (Å²) in [6.45, 7) is 0.615. The fraction of sp³-hybridized carbons (Fsp3) is 0.133. The number of fused-ring (bicyclic) bond motifs is 3. The van der Waals surface area contributed by atoms with Crippen LogP contribution in [0.1, 0.15) is 22.3 Å². The van der Waals surface area contributed by atoms with Crippen molar-refractivity contribution in [3.8, 4) is 22.2 Å². The third kappa shape index (κ3) is 5.11. The zero-order chi connectivity index (χ0) is 30.9. The number of benzene rings is 4. The van der Waals surface area contributed by atoms with Crippen molar-refractivity contribution < 1.29 is 44.3 Å². The highest BCUT2D eigenvalue weighted by atomic mass is 32.1. The van der Waals surface area contributed by atoms with Crippen molar-refractivity contribution >= 4 is 43.0 Å². The molecule has 2 heterocycles. The van der Waals surface area contributed by atoms with E-state index in [1.54, 1.807) is 36.4 Å². The van der Waals surface area contributed by atoms with Gasteiger partial charge < -0.3 is 4.74 Å².